The largest absolute Gasteiger partial charge is 0.339 e. The molecule has 172 valence electrons. The topological polar surface area (TPSA) is 98.8 Å². The summed E-state index contributed by atoms with van der Waals surface area (Å²) in [6.45, 7) is 4.58. The summed E-state index contributed by atoms with van der Waals surface area (Å²) in [4.78, 5) is 26.1. The first-order chi connectivity index (χ1) is 15.2. The lowest BCUT2D eigenvalue weighted by Crippen LogP contribution is -2.53. The third kappa shape index (κ3) is 5.83. The van der Waals surface area contributed by atoms with Gasteiger partial charge in [-0.25, -0.2) is 17.6 Å². The summed E-state index contributed by atoms with van der Waals surface area (Å²) in [5.41, 5.74) is 2.42. The van der Waals surface area contributed by atoms with E-state index in [-0.39, 0.29) is 55.9 Å². The van der Waals surface area contributed by atoms with E-state index in [0.29, 0.717) is 5.56 Å². The van der Waals surface area contributed by atoms with Crippen molar-refractivity contribution in [1.82, 2.24) is 19.8 Å². The van der Waals surface area contributed by atoms with Gasteiger partial charge >= 0.3 is 6.03 Å². The molecular weight excluding hydrogens is 435 g/mol. The van der Waals surface area contributed by atoms with Crippen LogP contribution in [-0.2, 0) is 21.4 Å². The molecule has 0 unspecified atom stereocenters. The summed E-state index contributed by atoms with van der Waals surface area (Å²) in [6, 6.07) is 10.4. The molecule has 0 bridgehead atoms. The number of rotatable bonds is 6. The second-order valence-corrected chi connectivity index (χ2v) is 9.62. The van der Waals surface area contributed by atoms with Gasteiger partial charge in [0.05, 0.1) is 11.4 Å². The lowest BCUT2D eigenvalue weighted by atomic mass is 10.2. The third-order valence-electron chi connectivity index (χ3n) is 5.31. The van der Waals surface area contributed by atoms with E-state index in [4.69, 9.17) is 0 Å². The van der Waals surface area contributed by atoms with Crippen LogP contribution >= 0.6 is 0 Å². The van der Waals surface area contributed by atoms with Crippen LogP contribution in [0.1, 0.15) is 16.7 Å². The van der Waals surface area contributed by atoms with Crippen LogP contribution < -0.4 is 10.6 Å². The van der Waals surface area contributed by atoms with Gasteiger partial charge in [0.2, 0.25) is 15.9 Å². The van der Waals surface area contributed by atoms with Crippen LogP contribution in [0.2, 0.25) is 0 Å². The number of nitrogens with zero attached hydrogens (tertiary/aromatic N) is 2. The molecule has 8 nitrogen and oxygen atoms in total. The fourth-order valence-corrected chi connectivity index (χ4v) is 5.15. The minimum Gasteiger partial charge on any atom is -0.339 e. The van der Waals surface area contributed by atoms with E-state index in [1.807, 2.05) is 13.0 Å². The third-order valence-corrected chi connectivity index (χ3v) is 7.36. The van der Waals surface area contributed by atoms with Gasteiger partial charge in [-0.3, -0.25) is 4.79 Å². The molecule has 10 heteroatoms. The van der Waals surface area contributed by atoms with Crippen molar-refractivity contribution < 1.29 is 22.4 Å². The number of carbonyl (C=O) groups is 2. The summed E-state index contributed by atoms with van der Waals surface area (Å²) in [5, 5.41) is 5.09. The Morgan fingerprint density at radius 1 is 0.969 bits per heavy atom. The number of hydrogen-bond donors (Lipinski definition) is 2. The Hall–Kier alpha value is -2.98. The van der Waals surface area contributed by atoms with Gasteiger partial charge in [-0.15, -0.1) is 0 Å². The summed E-state index contributed by atoms with van der Waals surface area (Å²) in [5.74, 6) is -0.642. The van der Waals surface area contributed by atoms with E-state index < -0.39 is 16.1 Å². The Balaban J connectivity index is 1.45. The van der Waals surface area contributed by atoms with Crippen molar-refractivity contribution >= 4 is 22.0 Å². The number of halogens is 1. The Labute approximate surface area is 187 Å². The van der Waals surface area contributed by atoms with Crippen LogP contribution in [0.4, 0.5) is 9.18 Å². The van der Waals surface area contributed by atoms with Crippen LogP contribution in [0.15, 0.2) is 47.4 Å². The van der Waals surface area contributed by atoms with Gasteiger partial charge in [0.15, 0.2) is 0 Å². The molecule has 1 heterocycles. The fourth-order valence-electron chi connectivity index (χ4n) is 3.52. The second kappa shape index (κ2) is 10.1. The minimum absolute atomic E-state index is 0.193. The molecule has 1 aliphatic heterocycles. The molecule has 1 aliphatic rings. The van der Waals surface area contributed by atoms with E-state index in [1.54, 1.807) is 31.2 Å². The standard InChI is InChI=1S/C22H27FN4O4S/c1-16-3-8-20(17(2)13-16)32(30,31)27-11-9-26(10-12-27)21(28)15-25-22(29)24-14-18-4-6-19(23)7-5-18/h3-8,13H,9-12,14-15H2,1-2H3,(H2,24,25,29). The molecule has 3 rings (SSSR count). The molecule has 0 atom stereocenters. The van der Waals surface area contributed by atoms with E-state index >= 15 is 0 Å². The molecule has 32 heavy (non-hydrogen) atoms. The average Bonchev–Trinajstić information content (AvgIpc) is 2.77. The maximum absolute atomic E-state index is 13.0. The van der Waals surface area contributed by atoms with Crippen LogP contribution in [-0.4, -0.2) is 62.3 Å². The van der Waals surface area contributed by atoms with Crippen molar-refractivity contribution in [1.29, 1.82) is 0 Å². The number of benzene rings is 2. The first-order valence-corrected chi connectivity index (χ1v) is 11.7. The monoisotopic (exact) mass is 462 g/mol. The fraction of sp³-hybridized carbons (Fsp3) is 0.364. The van der Waals surface area contributed by atoms with Crippen molar-refractivity contribution in [3.63, 3.8) is 0 Å². The van der Waals surface area contributed by atoms with E-state index in [2.05, 4.69) is 10.6 Å². The molecule has 0 radical (unpaired) electrons. The second-order valence-electron chi connectivity index (χ2n) is 7.72. The van der Waals surface area contributed by atoms with E-state index in [1.165, 1.54) is 21.3 Å². The van der Waals surface area contributed by atoms with Crippen LogP contribution in [0.5, 0.6) is 0 Å². The maximum Gasteiger partial charge on any atom is 0.315 e. The summed E-state index contributed by atoms with van der Waals surface area (Å²) < 4.78 is 40.2. The molecular formula is C22H27FN4O4S. The van der Waals surface area contributed by atoms with Gasteiger partial charge in [0, 0.05) is 32.7 Å². The SMILES string of the molecule is Cc1ccc(S(=O)(=O)N2CCN(C(=O)CNC(=O)NCc3ccc(F)cc3)CC2)c(C)c1. The van der Waals surface area contributed by atoms with Gasteiger partial charge < -0.3 is 15.5 Å². The predicted octanol–water partition coefficient (Wildman–Crippen LogP) is 1.77. The molecule has 0 aliphatic carbocycles. The zero-order valence-corrected chi connectivity index (χ0v) is 18.9. The van der Waals surface area contributed by atoms with Gasteiger partial charge in [0.25, 0.3) is 0 Å². The number of carbonyl (C=O) groups excluding carboxylic acids is 2. The average molecular weight is 463 g/mol. The van der Waals surface area contributed by atoms with Crippen molar-refractivity contribution in [3.8, 4) is 0 Å². The molecule has 2 aromatic rings. The van der Waals surface area contributed by atoms with Crippen molar-refractivity contribution in [3.05, 3.63) is 65.0 Å². The molecule has 1 fully saturated rings. The molecule has 3 amide bonds. The zero-order chi connectivity index (χ0) is 23.3. The molecule has 0 spiro atoms. The molecule has 0 saturated carbocycles. The zero-order valence-electron chi connectivity index (χ0n) is 18.1. The van der Waals surface area contributed by atoms with Gasteiger partial charge in [0.1, 0.15) is 5.82 Å². The minimum atomic E-state index is -3.63. The number of hydrogen-bond acceptors (Lipinski definition) is 4. The van der Waals surface area contributed by atoms with Gasteiger partial charge in [-0.05, 0) is 43.2 Å². The highest BCUT2D eigenvalue weighted by Crippen LogP contribution is 2.22. The van der Waals surface area contributed by atoms with Crippen LogP contribution in [0, 0.1) is 19.7 Å². The van der Waals surface area contributed by atoms with Crippen LogP contribution in [0.25, 0.3) is 0 Å². The Bertz CT molecular complexity index is 1080. The number of urea groups is 1. The Kier molecular flexibility index (Phi) is 7.47. The number of aryl methyl sites for hydroxylation is 2. The summed E-state index contributed by atoms with van der Waals surface area (Å²) in [7, 11) is -3.63. The van der Waals surface area contributed by atoms with Crippen molar-refractivity contribution in [2.75, 3.05) is 32.7 Å². The Morgan fingerprint density at radius 2 is 1.62 bits per heavy atom. The highest BCUT2D eigenvalue weighted by atomic mass is 32.2. The lowest BCUT2D eigenvalue weighted by Gasteiger charge is -2.34. The van der Waals surface area contributed by atoms with Crippen LogP contribution in [0.3, 0.4) is 0 Å². The number of piperazine rings is 1. The maximum atomic E-state index is 13.0. The van der Waals surface area contributed by atoms with Gasteiger partial charge in [-0.2, -0.15) is 4.31 Å². The number of sulfonamides is 1. The highest BCUT2D eigenvalue weighted by molar-refractivity contribution is 7.89. The number of amides is 3. The molecule has 1 saturated heterocycles. The lowest BCUT2D eigenvalue weighted by molar-refractivity contribution is -0.131. The first kappa shape index (κ1) is 23.7. The van der Waals surface area contributed by atoms with Gasteiger partial charge in [-0.1, -0.05) is 29.8 Å². The predicted molar refractivity (Wildman–Crippen MR) is 118 cm³/mol. The van der Waals surface area contributed by atoms with E-state index in [0.717, 1.165) is 11.1 Å². The number of nitrogens with one attached hydrogen (secondary N) is 2. The summed E-state index contributed by atoms with van der Waals surface area (Å²) >= 11 is 0. The van der Waals surface area contributed by atoms with Crippen molar-refractivity contribution in [2.24, 2.45) is 0 Å². The quantitative estimate of drug-likeness (QED) is 0.684. The Morgan fingerprint density at radius 3 is 2.25 bits per heavy atom. The molecule has 2 N–H and O–H groups in total. The normalized spacial score (nSPS) is 14.8. The molecule has 2 aromatic carbocycles. The summed E-state index contributed by atoms with van der Waals surface area (Å²) in [6.07, 6.45) is 0. The van der Waals surface area contributed by atoms with E-state index in [9.17, 15) is 22.4 Å². The smallest absolute Gasteiger partial charge is 0.315 e. The first-order valence-electron chi connectivity index (χ1n) is 10.3. The highest BCUT2D eigenvalue weighted by Gasteiger charge is 2.31. The van der Waals surface area contributed by atoms with Crippen molar-refractivity contribution in [2.45, 2.75) is 25.3 Å². The molecule has 0 aromatic heterocycles.